The molecule has 5 aromatic carbocycles. The molecule has 2 aliphatic heterocycles. The van der Waals surface area contributed by atoms with Crippen LogP contribution in [0.2, 0.25) is 0 Å². The van der Waals surface area contributed by atoms with E-state index in [-0.39, 0.29) is 11.9 Å². The molecule has 0 aromatic heterocycles. The lowest BCUT2D eigenvalue weighted by Crippen LogP contribution is -2.36. The molecule has 1 saturated carbocycles. The number of rotatable bonds is 8. The molecule has 6 heteroatoms. The van der Waals surface area contributed by atoms with E-state index in [1.807, 2.05) is 13.0 Å². The van der Waals surface area contributed by atoms with Gasteiger partial charge in [-0.05, 0) is 114 Å². The van der Waals surface area contributed by atoms with Gasteiger partial charge in [0.15, 0.2) is 0 Å². The van der Waals surface area contributed by atoms with Gasteiger partial charge in [-0.15, -0.1) is 0 Å². The third kappa shape index (κ3) is 5.85. The third-order valence-corrected chi connectivity index (χ3v) is 10.0. The SMILES string of the molecule is CC1NN(c2ccc(OC=O)cc2)C(=O)C1=Cc1ccc2c(c1)C1CCCC1N2c1ccc(C=C(c2ccccc2)c2ccccc2)cc1. The molecule has 49 heavy (non-hydrogen) atoms. The summed E-state index contributed by atoms with van der Waals surface area (Å²) in [4.78, 5) is 26.7. The van der Waals surface area contributed by atoms with E-state index in [4.69, 9.17) is 4.74 Å². The van der Waals surface area contributed by atoms with Crippen molar-refractivity contribution in [2.24, 2.45) is 0 Å². The number of hydrazine groups is 1. The number of ether oxygens (including phenoxy) is 1. The molecule has 0 radical (unpaired) electrons. The van der Waals surface area contributed by atoms with Crippen molar-refractivity contribution in [1.29, 1.82) is 0 Å². The van der Waals surface area contributed by atoms with Gasteiger partial charge < -0.3 is 9.64 Å². The van der Waals surface area contributed by atoms with Gasteiger partial charge in [0.2, 0.25) is 0 Å². The van der Waals surface area contributed by atoms with Gasteiger partial charge in [-0.25, -0.2) is 10.4 Å². The van der Waals surface area contributed by atoms with Crippen molar-refractivity contribution >= 4 is 47.2 Å². The van der Waals surface area contributed by atoms with E-state index in [1.165, 1.54) is 52.0 Å². The van der Waals surface area contributed by atoms with Crippen molar-refractivity contribution < 1.29 is 14.3 Å². The molecular formula is C43H37N3O3. The Kier molecular flexibility index (Phi) is 8.16. The zero-order valence-electron chi connectivity index (χ0n) is 27.3. The van der Waals surface area contributed by atoms with Crippen LogP contribution in [0.1, 0.15) is 59.9 Å². The summed E-state index contributed by atoms with van der Waals surface area (Å²) in [6, 6.07) is 43.9. The molecule has 2 heterocycles. The average Bonchev–Trinajstić information content (AvgIpc) is 3.82. The van der Waals surface area contributed by atoms with Gasteiger partial charge in [0, 0.05) is 28.9 Å². The van der Waals surface area contributed by atoms with Gasteiger partial charge in [-0.3, -0.25) is 9.59 Å². The van der Waals surface area contributed by atoms with Crippen LogP contribution in [0.5, 0.6) is 5.75 Å². The summed E-state index contributed by atoms with van der Waals surface area (Å²) in [5, 5.41) is 1.56. The standard InChI is InChI=1S/C43H37N3O3/c1-29-38(43(48)46(44-29)35-20-22-36(23-21-35)49-28-47)26-31-17-24-42-40(27-31)37-13-8-14-41(37)45(42)34-18-15-30(16-19-34)25-39(32-9-4-2-5-10-32)33-11-6-3-7-12-33/h2-7,9-12,15-29,37,41,44H,8,13-14H2,1H3. The van der Waals surface area contributed by atoms with Crippen LogP contribution < -0.4 is 20.1 Å². The molecule has 8 rings (SSSR count). The van der Waals surface area contributed by atoms with Crippen molar-refractivity contribution in [2.75, 3.05) is 9.91 Å². The second kappa shape index (κ2) is 13.1. The predicted octanol–water partition coefficient (Wildman–Crippen LogP) is 8.92. The summed E-state index contributed by atoms with van der Waals surface area (Å²) in [6.45, 7) is 2.39. The molecule has 1 saturated heterocycles. The number of benzene rings is 5. The lowest BCUT2D eigenvalue weighted by atomic mass is 9.95. The number of carbonyl (C=O) groups excluding carboxylic acids is 2. The maximum Gasteiger partial charge on any atom is 0.298 e. The molecule has 0 bridgehead atoms. The van der Waals surface area contributed by atoms with Crippen LogP contribution in [-0.4, -0.2) is 24.5 Å². The molecular weight excluding hydrogens is 606 g/mol. The van der Waals surface area contributed by atoms with Crippen LogP contribution in [0.25, 0.3) is 17.7 Å². The van der Waals surface area contributed by atoms with Gasteiger partial charge >= 0.3 is 0 Å². The Morgan fingerprint density at radius 2 is 1.43 bits per heavy atom. The second-order valence-corrected chi connectivity index (χ2v) is 13.0. The quantitative estimate of drug-likeness (QED) is 0.104. The molecule has 0 spiro atoms. The molecule has 1 N–H and O–H groups in total. The molecule has 242 valence electrons. The van der Waals surface area contributed by atoms with Crippen LogP contribution in [-0.2, 0) is 9.59 Å². The number of nitrogens with one attached hydrogen (secondary N) is 1. The highest BCUT2D eigenvalue weighted by Gasteiger charge is 2.42. The Balaban J connectivity index is 1.07. The van der Waals surface area contributed by atoms with Gasteiger partial charge in [0.25, 0.3) is 12.4 Å². The molecule has 2 fully saturated rings. The fraction of sp³-hybridized carbons (Fsp3) is 0.163. The largest absolute Gasteiger partial charge is 0.429 e. The summed E-state index contributed by atoms with van der Waals surface area (Å²) in [5.41, 5.74) is 14.3. The van der Waals surface area contributed by atoms with Crippen molar-refractivity contribution in [3.8, 4) is 5.75 Å². The lowest BCUT2D eigenvalue weighted by Gasteiger charge is -2.27. The monoisotopic (exact) mass is 643 g/mol. The zero-order chi connectivity index (χ0) is 33.3. The molecule has 1 aliphatic carbocycles. The Morgan fingerprint density at radius 1 is 0.776 bits per heavy atom. The van der Waals surface area contributed by atoms with E-state index in [9.17, 15) is 9.59 Å². The van der Waals surface area contributed by atoms with Crippen LogP contribution in [0.15, 0.2) is 133 Å². The van der Waals surface area contributed by atoms with Gasteiger partial charge in [0.1, 0.15) is 5.75 Å². The number of carbonyl (C=O) groups is 2. The minimum Gasteiger partial charge on any atom is -0.429 e. The zero-order valence-corrected chi connectivity index (χ0v) is 27.3. The number of hydrogen-bond acceptors (Lipinski definition) is 5. The van der Waals surface area contributed by atoms with Gasteiger partial charge in [-0.1, -0.05) is 85.3 Å². The predicted molar refractivity (Wildman–Crippen MR) is 196 cm³/mol. The molecule has 5 aromatic rings. The minimum absolute atomic E-state index is 0.0887. The number of fused-ring (bicyclic) bond motifs is 3. The average molecular weight is 644 g/mol. The summed E-state index contributed by atoms with van der Waals surface area (Å²) in [5.74, 6) is 0.808. The first-order valence-electron chi connectivity index (χ1n) is 17.0. The van der Waals surface area contributed by atoms with E-state index in [0.717, 1.165) is 12.0 Å². The molecule has 6 nitrogen and oxygen atoms in total. The van der Waals surface area contributed by atoms with E-state index in [2.05, 4.69) is 120 Å². The second-order valence-electron chi connectivity index (χ2n) is 13.0. The molecule has 1 amide bonds. The smallest absolute Gasteiger partial charge is 0.298 e. The van der Waals surface area contributed by atoms with Crippen LogP contribution in [0.3, 0.4) is 0 Å². The Morgan fingerprint density at radius 3 is 2.10 bits per heavy atom. The van der Waals surface area contributed by atoms with Crippen molar-refractivity contribution in [1.82, 2.24) is 5.43 Å². The number of anilines is 3. The highest BCUT2D eigenvalue weighted by Crippen LogP contribution is 2.52. The highest BCUT2D eigenvalue weighted by molar-refractivity contribution is 6.11. The first kappa shape index (κ1) is 30.6. The van der Waals surface area contributed by atoms with Crippen molar-refractivity contribution in [3.63, 3.8) is 0 Å². The first-order valence-corrected chi connectivity index (χ1v) is 17.0. The summed E-state index contributed by atoms with van der Waals surface area (Å²) < 4.78 is 4.90. The summed E-state index contributed by atoms with van der Waals surface area (Å²) in [7, 11) is 0. The first-order chi connectivity index (χ1) is 24.1. The number of amides is 1. The molecule has 3 atom stereocenters. The van der Waals surface area contributed by atoms with Crippen molar-refractivity contribution in [3.05, 3.63) is 161 Å². The Labute approximate surface area is 286 Å². The topological polar surface area (TPSA) is 61.9 Å². The van der Waals surface area contributed by atoms with E-state index in [1.54, 1.807) is 29.3 Å². The van der Waals surface area contributed by atoms with Crippen LogP contribution in [0, 0.1) is 0 Å². The fourth-order valence-corrected chi connectivity index (χ4v) is 7.69. The number of nitrogens with zero attached hydrogens (tertiary/aromatic N) is 2. The molecule has 3 aliphatic rings. The summed E-state index contributed by atoms with van der Waals surface area (Å²) >= 11 is 0. The molecule has 3 unspecified atom stereocenters. The Hall–Kier alpha value is -5.72. The van der Waals surface area contributed by atoms with Crippen LogP contribution >= 0.6 is 0 Å². The lowest BCUT2D eigenvalue weighted by molar-refractivity contribution is -0.120. The van der Waals surface area contributed by atoms with Crippen molar-refractivity contribution in [2.45, 2.75) is 44.2 Å². The van der Waals surface area contributed by atoms with Gasteiger partial charge in [-0.2, -0.15) is 0 Å². The normalized spacial score (nSPS) is 20.3. The highest BCUT2D eigenvalue weighted by atomic mass is 16.5. The Bertz CT molecular complexity index is 2010. The van der Waals surface area contributed by atoms with Gasteiger partial charge in [0.05, 0.1) is 11.7 Å². The number of hydrogen-bond donors (Lipinski definition) is 1. The maximum absolute atomic E-state index is 13.5. The van der Waals surface area contributed by atoms with E-state index >= 15 is 0 Å². The summed E-state index contributed by atoms with van der Waals surface area (Å²) in [6.07, 6.45) is 7.84. The maximum atomic E-state index is 13.5. The fourth-order valence-electron chi connectivity index (χ4n) is 7.69. The third-order valence-electron chi connectivity index (χ3n) is 10.0. The van der Waals surface area contributed by atoms with Crippen LogP contribution in [0.4, 0.5) is 17.1 Å². The van der Waals surface area contributed by atoms with E-state index < -0.39 is 0 Å². The minimum atomic E-state index is -0.153. The van der Waals surface area contributed by atoms with E-state index in [0.29, 0.717) is 35.4 Å².